The molecule has 1 aliphatic rings. The first kappa shape index (κ1) is 10.8. The van der Waals surface area contributed by atoms with Crippen molar-refractivity contribution in [2.75, 3.05) is 5.32 Å². The number of halogens is 1. The third-order valence-electron chi connectivity index (χ3n) is 2.53. The molecule has 0 spiro atoms. The lowest BCUT2D eigenvalue weighted by Crippen LogP contribution is -2.27. The Kier molecular flexibility index (Phi) is 3.21. The van der Waals surface area contributed by atoms with Crippen LogP contribution < -0.4 is 5.32 Å². The van der Waals surface area contributed by atoms with Gasteiger partial charge in [0.15, 0.2) is 0 Å². The van der Waals surface area contributed by atoms with E-state index in [4.69, 9.17) is 4.74 Å². The van der Waals surface area contributed by atoms with Crippen molar-refractivity contribution in [1.29, 1.82) is 0 Å². The summed E-state index contributed by atoms with van der Waals surface area (Å²) in [5, 5.41) is 3.28. The van der Waals surface area contributed by atoms with Crippen molar-refractivity contribution in [3.05, 3.63) is 16.9 Å². The van der Waals surface area contributed by atoms with Crippen LogP contribution in [0.5, 0.6) is 0 Å². The largest absolute Gasteiger partial charge is 0.373 e. The van der Waals surface area contributed by atoms with Gasteiger partial charge in [0.1, 0.15) is 0 Å². The van der Waals surface area contributed by atoms with E-state index in [1.807, 2.05) is 0 Å². The average Bonchev–Trinajstić information content (AvgIpc) is 2.49. The molecule has 5 heteroatoms. The number of nitrogens with zero attached hydrogens (tertiary/aromatic N) is 2. The first-order valence-corrected chi connectivity index (χ1v) is 5.84. The van der Waals surface area contributed by atoms with E-state index in [-0.39, 0.29) is 6.10 Å². The molecule has 15 heavy (non-hydrogen) atoms. The van der Waals surface area contributed by atoms with Gasteiger partial charge in [-0.05, 0) is 36.2 Å². The normalized spacial score (nSPS) is 30.5. The van der Waals surface area contributed by atoms with Crippen LogP contribution in [0.2, 0.25) is 0 Å². The highest BCUT2D eigenvalue weighted by atomic mass is 79.9. The number of nitrogens with one attached hydrogen (secondary N) is 1. The third-order valence-corrected chi connectivity index (χ3v) is 2.94. The topological polar surface area (TPSA) is 47.0 Å². The second kappa shape index (κ2) is 4.45. The second-order valence-corrected chi connectivity index (χ2v) is 4.78. The summed E-state index contributed by atoms with van der Waals surface area (Å²) in [7, 11) is 0. The molecule has 1 fully saturated rings. The van der Waals surface area contributed by atoms with Crippen LogP contribution in [-0.2, 0) is 4.74 Å². The van der Waals surface area contributed by atoms with Gasteiger partial charge in [-0.1, -0.05) is 0 Å². The van der Waals surface area contributed by atoms with Gasteiger partial charge in [0.05, 0.1) is 22.7 Å². The zero-order valence-corrected chi connectivity index (χ0v) is 10.4. The molecule has 0 amide bonds. The van der Waals surface area contributed by atoms with E-state index < -0.39 is 0 Å². The third kappa shape index (κ3) is 2.66. The maximum atomic E-state index is 5.64. The van der Waals surface area contributed by atoms with E-state index in [0.29, 0.717) is 18.1 Å². The summed E-state index contributed by atoms with van der Waals surface area (Å²) >= 11 is 3.30. The van der Waals surface area contributed by atoms with Crippen LogP contribution in [0.15, 0.2) is 16.9 Å². The number of ether oxygens (including phenoxy) is 1. The van der Waals surface area contributed by atoms with Gasteiger partial charge in [-0.2, -0.15) is 0 Å². The van der Waals surface area contributed by atoms with Gasteiger partial charge in [-0.3, -0.25) is 0 Å². The minimum Gasteiger partial charge on any atom is -0.373 e. The monoisotopic (exact) mass is 271 g/mol. The standard InChI is InChI=1S/C10H14BrN3O/c1-6-3-9(7(2)15-6)14-10-12-4-8(11)5-13-10/h4-7,9H,3H2,1-2H3,(H,12,13,14). The van der Waals surface area contributed by atoms with E-state index >= 15 is 0 Å². The Bertz CT molecular complexity index is 330. The molecule has 3 unspecified atom stereocenters. The number of aromatic nitrogens is 2. The molecule has 1 aliphatic heterocycles. The summed E-state index contributed by atoms with van der Waals surface area (Å²) in [5.74, 6) is 0.660. The molecule has 0 aliphatic carbocycles. The van der Waals surface area contributed by atoms with Gasteiger partial charge in [0.25, 0.3) is 0 Å². The molecule has 0 bridgehead atoms. The van der Waals surface area contributed by atoms with E-state index in [9.17, 15) is 0 Å². The fourth-order valence-electron chi connectivity index (χ4n) is 1.79. The zero-order chi connectivity index (χ0) is 10.8. The lowest BCUT2D eigenvalue weighted by molar-refractivity contribution is 0.0650. The minimum atomic E-state index is 0.215. The first-order valence-electron chi connectivity index (χ1n) is 5.04. The van der Waals surface area contributed by atoms with Crippen LogP contribution in [0.1, 0.15) is 20.3 Å². The summed E-state index contributed by atoms with van der Waals surface area (Å²) in [5.41, 5.74) is 0. The molecule has 1 saturated heterocycles. The first-order chi connectivity index (χ1) is 7.15. The van der Waals surface area contributed by atoms with E-state index in [2.05, 4.69) is 45.1 Å². The zero-order valence-electron chi connectivity index (χ0n) is 8.77. The molecule has 2 rings (SSSR count). The van der Waals surface area contributed by atoms with E-state index in [1.54, 1.807) is 12.4 Å². The Morgan fingerprint density at radius 2 is 2.07 bits per heavy atom. The fraction of sp³-hybridized carbons (Fsp3) is 0.600. The summed E-state index contributed by atoms with van der Waals surface area (Å²) in [4.78, 5) is 8.35. The quantitative estimate of drug-likeness (QED) is 0.896. The van der Waals surface area contributed by atoms with Gasteiger partial charge in [0.2, 0.25) is 5.95 Å². The van der Waals surface area contributed by atoms with Gasteiger partial charge in [-0.25, -0.2) is 9.97 Å². The van der Waals surface area contributed by atoms with Crippen LogP contribution >= 0.6 is 15.9 Å². The van der Waals surface area contributed by atoms with Crippen LogP contribution in [0.4, 0.5) is 5.95 Å². The molecule has 1 aromatic heterocycles. The molecule has 2 heterocycles. The van der Waals surface area contributed by atoms with Crippen molar-refractivity contribution in [3.63, 3.8) is 0 Å². The molecular formula is C10H14BrN3O. The summed E-state index contributed by atoms with van der Waals surface area (Å²) in [6.45, 7) is 4.15. The molecule has 0 aromatic carbocycles. The van der Waals surface area contributed by atoms with Gasteiger partial charge >= 0.3 is 0 Å². The van der Waals surface area contributed by atoms with Crippen molar-refractivity contribution in [2.24, 2.45) is 0 Å². The Morgan fingerprint density at radius 3 is 2.60 bits per heavy atom. The Morgan fingerprint density at radius 1 is 1.40 bits per heavy atom. The molecule has 4 nitrogen and oxygen atoms in total. The van der Waals surface area contributed by atoms with Crippen molar-refractivity contribution >= 4 is 21.9 Å². The maximum Gasteiger partial charge on any atom is 0.222 e. The summed E-state index contributed by atoms with van der Waals surface area (Å²) < 4.78 is 6.53. The lowest BCUT2D eigenvalue weighted by Gasteiger charge is -2.15. The molecule has 0 saturated carbocycles. The molecule has 0 radical (unpaired) electrons. The Hall–Kier alpha value is -0.680. The number of hydrogen-bond donors (Lipinski definition) is 1. The fourth-order valence-corrected chi connectivity index (χ4v) is 2.00. The van der Waals surface area contributed by atoms with Crippen molar-refractivity contribution < 1.29 is 4.74 Å². The molecule has 82 valence electrons. The Labute approximate surface area is 97.6 Å². The predicted molar refractivity (Wildman–Crippen MR) is 61.8 cm³/mol. The highest BCUT2D eigenvalue weighted by Crippen LogP contribution is 2.22. The van der Waals surface area contributed by atoms with Crippen LogP contribution in [0.3, 0.4) is 0 Å². The van der Waals surface area contributed by atoms with Crippen molar-refractivity contribution in [2.45, 2.75) is 38.5 Å². The van der Waals surface area contributed by atoms with Crippen LogP contribution in [0, 0.1) is 0 Å². The second-order valence-electron chi connectivity index (χ2n) is 3.86. The minimum absolute atomic E-state index is 0.215. The van der Waals surface area contributed by atoms with Crippen LogP contribution in [-0.4, -0.2) is 28.2 Å². The SMILES string of the molecule is CC1CC(Nc2ncc(Br)cn2)C(C)O1. The highest BCUT2D eigenvalue weighted by molar-refractivity contribution is 9.10. The van der Waals surface area contributed by atoms with Crippen molar-refractivity contribution in [3.8, 4) is 0 Å². The molecule has 1 aromatic rings. The van der Waals surface area contributed by atoms with Gasteiger partial charge < -0.3 is 10.1 Å². The molecule has 3 atom stereocenters. The molecule has 1 N–H and O–H groups in total. The lowest BCUT2D eigenvalue weighted by atomic mass is 10.1. The maximum absolute atomic E-state index is 5.64. The predicted octanol–water partition coefficient (Wildman–Crippen LogP) is 2.22. The van der Waals surface area contributed by atoms with Gasteiger partial charge in [0, 0.05) is 12.4 Å². The number of rotatable bonds is 2. The number of hydrogen-bond acceptors (Lipinski definition) is 4. The van der Waals surface area contributed by atoms with E-state index in [1.165, 1.54) is 0 Å². The van der Waals surface area contributed by atoms with Crippen molar-refractivity contribution in [1.82, 2.24) is 9.97 Å². The smallest absolute Gasteiger partial charge is 0.222 e. The van der Waals surface area contributed by atoms with E-state index in [0.717, 1.165) is 10.9 Å². The summed E-state index contributed by atoms with van der Waals surface area (Å²) in [6.07, 6.45) is 5.00. The van der Waals surface area contributed by atoms with Crippen LogP contribution in [0.25, 0.3) is 0 Å². The Balaban J connectivity index is 2.00. The number of anilines is 1. The average molecular weight is 272 g/mol. The molecular weight excluding hydrogens is 258 g/mol. The highest BCUT2D eigenvalue weighted by Gasteiger charge is 2.29. The van der Waals surface area contributed by atoms with Gasteiger partial charge in [-0.15, -0.1) is 0 Å². The summed E-state index contributed by atoms with van der Waals surface area (Å²) in [6, 6.07) is 0.307.